The van der Waals surface area contributed by atoms with Gasteiger partial charge in [0.1, 0.15) is 0 Å². The molecule has 5 rings (SSSR count). The van der Waals surface area contributed by atoms with E-state index in [2.05, 4.69) is 0 Å². The Kier molecular flexibility index (Phi) is 4.22. The monoisotopic (exact) mass is 444 g/mol. The maximum Gasteiger partial charge on any atom is 0.151 e. The highest BCUT2D eigenvalue weighted by Crippen LogP contribution is 2.57. The summed E-state index contributed by atoms with van der Waals surface area (Å²) in [5.41, 5.74) is -0.954. The van der Waals surface area contributed by atoms with Gasteiger partial charge in [-0.2, -0.15) is 0 Å². The van der Waals surface area contributed by atoms with Crippen LogP contribution in [-0.4, -0.2) is 10.2 Å². The molecule has 28 heavy (non-hydrogen) atoms. The van der Waals surface area contributed by atoms with E-state index in [-0.39, 0.29) is 0 Å². The number of thiophene rings is 2. The highest BCUT2D eigenvalue weighted by Gasteiger charge is 2.53. The molecular weight excluding hydrogens is 431 g/mol. The first-order valence-electron chi connectivity index (χ1n) is 8.60. The Bertz CT molecular complexity index is 1080. The van der Waals surface area contributed by atoms with Crippen LogP contribution >= 0.6 is 45.9 Å². The van der Waals surface area contributed by atoms with Gasteiger partial charge in [-0.25, -0.2) is 0 Å². The molecule has 0 fully saturated rings. The minimum Gasteiger partial charge on any atom is -0.375 e. The van der Waals surface area contributed by atoms with Crippen molar-refractivity contribution in [3.8, 4) is 0 Å². The number of aliphatic hydroxyl groups is 2. The van der Waals surface area contributed by atoms with Crippen LogP contribution in [-0.2, 0) is 11.2 Å². The third kappa shape index (κ3) is 2.28. The first-order valence-corrected chi connectivity index (χ1v) is 11.1. The van der Waals surface area contributed by atoms with E-state index in [0.29, 0.717) is 32.3 Å². The first-order chi connectivity index (χ1) is 13.5. The summed E-state index contributed by atoms with van der Waals surface area (Å²) < 4.78 is 0. The molecule has 0 spiro atoms. The molecule has 2 aromatic carbocycles. The fourth-order valence-corrected chi connectivity index (χ4v) is 6.45. The van der Waals surface area contributed by atoms with Crippen LogP contribution in [0.25, 0.3) is 0 Å². The quantitative estimate of drug-likeness (QED) is 0.398. The number of hydrogen-bond donors (Lipinski definition) is 2. The van der Waals surface area contributed by atoms with Gasteiger partial charge in [-0.15, -0.1) is 22.7 Å². The second-order valence-electron chi connectivity index (χ2n) is 6.70. The lowest BCUT2D eigenvalue weighted by atomic mass is 9.66. The minimum absolute atomic E-state index is 0.397. The molecule has 0 bridgehead atoms. The molecule has 0 saturated heterocycles. The summed E-state index contributed by atoms with van der Waals surface area (Å²) in [6.07, 6.45) is 0. The van der Waals surface area contributed by atoms with Crippen LogP contribution in [0.3, 0.4) is 0 Å². The van der Waals surface area contributed by atoms with Crippen LogP contribution in [0.5, 0.6) is 0 Å². The number of rotatable bonds is 2. The maximum atomic E-state index is 12.1. The molecule has 0 amide bonds. The van der Waals surface area contributed by atoms with Gasteiger partial charge in [0.25, 0.3) is 0 Å². The van der Waals surface area contributed by atoms with Gasteiger partial charge in [0, 0.05) is 42.1 Å². The van der Waals surface area contributed by atoms with Crippen molar-refractivity contribution in [2.24, 2.45) is 0 Å². The van der Waals surface area contributed by atoms with Crippen LogP contribution in [0.15, 0.2) is 71.4 Å². The summed E-state index contributed by atoms with van der Waals surface area (Å²) in [4.78, 5) is 1.44. The normalized spacial score (nSPS) is 23.3. The summed E-state index contributed by atoms with van der Waals surface area (Å²) in [7, 11) is 0. The van der Waals surface area contributed by atoms with Crippen LogP contribution in [0.2, 0.25) is 10.0 Å². The van der Waals surface area contributed by atoms with E-state index < -0.39 is 11.2 Å². The lowest BCUT2D eigenvalue weighted by Gasteiger charge is -2.44. The topological polar surface area (TPSA) is 40.5 Å². The average molecular weight is 445 g/mol. The predicted octanol–water partition coefficient (Wildman–Crippen LogP) is 6.00. The first kappa shape index (κ1) is 18.4. The summed E-state index contributed by atoms with van der Waals surface area (Å²) in [6, 6.07) is 18.2. The molecular formula is C22H14Cl2O2S2. The molecule has 0 unspecified atom stereocenters. The average Bonchev–Trinajstić information content (AvgIpc) is 3.40. The number of benzene rings is 2. The zero-order chi connectivity index (χ0) is 19.5. The van der Waals surface area contributed by atoms with Gasteiger partial charge in [-0.3, -0.25) is 0 Å². The van der Waals surface area contributed by atoms with Gasteiger partial charge in [-0.05, 0) is 35.0 Å². The van der Waals surface area contributed by atoms with Gasteiger partial charge >= 0.3 is 0 Å². The van der Waals surface area contributed by atoms with Crippen molar-refractivity contribution < 1.29 is 10.2 Å². The highest BCUT2D eigenvalue weighted by molar-refractivity contribution is 7.10. The summed E-state index contributed by atoms with van der Waals surface area (Å²) in [6.45, 7) is 0. The predicted molar refractivity (Wildman–Crippen MR) is 116 cm³/mol. The molecule has 2 aromatic heterocycles. The van der Waals surface area contributed by atoms with Crippen LogP contribution in [0.4, 0.5) is 0 Å². The molecule has 2 atom stereocenters. The van der Waals surface area contributed by atoms with E-state index in [0.717, 1.165) is 9.75 Å². The number of hydrogen-bond acceptors (Lipinski definition) is 4. The molecule has 0 saturated carbocycles. The van der Waals surface area contributed by atoms with Crippen molar-refractivity contribution in [1.29, 1.82) is 0 Å². The van der Waals surface area contributed by atoms with E-state index in [1.165, 1.54) is 22.7 Å². The molecule has 140 valence electrons. The third-order valence-electron chi connectivity index (χ3n) is 5.29. The lowest BCUT2D eigenvalue weighted by molar-refractivity contribution is 0.0788. The van der Waals surface area contributed by atoms with Crippen molar-refractivity contribution in [2.75, 3.05) is 0 Å². The Morgan fingerprint density at radius 2 is 1.04 bits per heavy atom. The second kappa shape index (κ2) is 6.42. The van der Waals surface area contributed by atoms with Crippen molar-refractivity contribution in [1.82, 2.24) is 0 Å². The Morgan fingerprint density at radius 1 is 0.607 bits per heavy atom. The van der Waals surface area contributed by atoms with Crippen LogP contribution in [0.1, 0.15) is 32.0 Å². The number of halogens is 2. The zero-order valence-corrected chi connectivity index (χ0v) is 17.5. The van der Waals surface area contributed by atoms with Gasteiger partial charge in [0.15, 0.2) is 11.2 Å². The largest absolute Gasteiger partial charge is 0.375 e. The minimum atomic E-state index is -1.51. The molecule has 1 aliphatic rings. The van der Waals surface area contributed by atoms with Gasteiger partial charge in [-0.1, -0.05) is 59.6 Å². The fourth-order valence-electron chi connectivity index (χ4n) is 4.14. The number of fused-ring (bicyclic) bond motifs is 2. The van der Waals surface area contributed by atoms with Crippen molar-refractivity contribution in [3.05, 3.63) is 113 Å². The Hall–Kier alpha value is -1.66. The third-order valence-corrected chi connectivity index (χ3v) is 7.87. The Balaban J connectivity index is 1.99. The molecule has 4 aromatic rings. The fraction of sp³-hybridized carbons (Fsp3) is 0.0909. The Morgan fingerprint density at radius 3 is 1.39 bits per heavy atom. The molecule has 6 heteroatoms. The van der Waals surface area contributed by atoms with E-state index in [4.69, 9.17) is 23.2 Å². The van der Waals surface area contributed by atoms with Crippen LogP contribution in [0, 0.1) is 0 Å². The van der Waals surface area contributed by atoms with Crippen molar-refractivity contribution >= 4 is 45.9 Å². The molecule has 2 nitrogen and oxygen atoms in total. The highest BCUT2D eigenvalue weighted by atomic mass is 35.5. The SMILES string of the molecule is O[C@]1(c2cccs2)c2cccc(Cl)c2[C@](O)(c2cccs2)c2cccc(Cl)c21. The smallest absolute Gasteiger partial charge is 0.151 e. The van der Waals surface area contributed by atoms with Gasteiger partial charge < -0.3 is 10.2 Å². The molecule has 0 aliphatic heterocycles. The summed E-state index contributed by atoms with van der Waals surface area (Å²) in [5, 5.41) is 28.9. The van der Waals surface area contributed by atoms with Crippen molar-refractivity contribution in [3.63, 3.8) is 0 Å². The van der Waals surface area contributed by atoms with Crippen LogP contribution < -0.4 is 0 Å². The molecule has 2 heterocycles. The standard InChI is InChI=1S/C22H14Cl2O2S2/c23-15-7-1-5-13-19(15)22(26,18-10-4-12-28-18)14-6-2-8-16(24)20(14)21(13,25)17-9-3-11-27-17/h1-12,25-26H/t21-,22+. The maximum absolute atomic E-state index is 12.1. The van der Waals surface area contributed by atoms with E-state index >= 15 is 0 Å². The van der Waals surface area contributed by atoms with Crippen molar-refractivity contribution in [2.45, 2.75) is 11.2 Å². The van der Waals surface area contributed by atoms with Gasteiger partial charge in [0.2, 0.25) is 0 Å². The summed E-state index contributed by atoms with van der Waals surface area (Å²) in [5.74, 6) is 0. The Labute approximate surface area is 180 Å². The lowest BCUT2D eigenvalue weighted by Crippen LogP contribution is -2.44. The zero-order valence-electron chi connectivity index (χ0n) is 14.4. The molecule has 2 N–H and O–H groups in total. The summed E-state index contributed by atoms with van der Waals surface area (Å²) >= 11 is 16.2. The molecule has 0 radical (unpaired) electrons. The second-order valence-corrected chi connectivity index (χ2v) is 9.41. The van der Waals surface area contributed by atoms with E-state index in [9.17, 15) is 10.2 Å². The van der Waals surface area contributed by atoms with E-state index in [1.807, 2.05) is 47.2 Å². The molecule has 1 aliphatic carbocycles. The van der Waals surface area contributed by atoms with Gasteiger partial charge in [0.05, 0.1) is 0 Å². The van der Waals surface area contributed by atoms with E-state index in [1.54, 1.807) is 24.3 Å².